The Morgan fingerprint density at radius 1 is 1.16 bits per heavy atom. The number of nitrogens with zero attached hydrogens (tertiary/aromatic N) is 1. The molecule has 2 N–H and O–H groups in total. The highest BCUT2D eigenvalue weighted by Crippen LogP contribution is 2.15. The smallest absolute Gasteiger partial charge is 0.322 e. The lowest BCUT2D eigenvalue weighted by Gasteiger charge is -2.15. The molecule has 8 nitrogen and oxygen atoms in total. The van der Waals surface area contributed by atoms with Gasteiger partial charge in [-0.15, -0.1) is 0 Å². The van der Waals surface area contributed by atoms with Crippen LogP contribution in [0.4, 0.5) is 5.69 Å². The van der Waals surface area contributed by atoms with Crippen molar-refractivity contribution in [1.82, 2.24) is 4.72 Å². The molecule has 1 atom stereocenters. The zero-order chi connectivity index (χ0) is 18.6. The minimum atomic E-state index is -4.00. The number of nitro benzene ring substituents is 1. The quantitative estimate of drug-likeness (QED) is 0.570. The number of sulfonamides is 1. The number of carbonyl (C=O) groups is 1. The standard InChI is InChI=1S/C16H16N2O6S/c1-11-2-8-14(9-3-11)25(23,24)17-15(16(19)20)10-12-4-6-13(7-5-12)18(21)22/h2-9,15,17H,10H2,1H3,(H,19,20)/t15-/m0/s1. The molecule has 0 saturated heterocycles. The average Bonchev–Trinajstić information content (AvgIpc) is 2.55. The fourth-order valence-electron chi connectivity index (χ4n) is 2.14. The third-order valence-electron chi connectivity index (χ3n) is 3.51. The number of hydrogen-bond donors (Lipinski definition) is 2. The van der Waals surface area contributed by atoms with Crippen LogP contribution >= 0.6 is 0 Å². The van der Waals surface area contributed by atoms with Crippen LogP contribution in [-0.2, 0) is 21.2 Å². The molecule has 2 rings (SSSR count). The van der Waals surface area contributed by atoms with E-state index >= 15 is 0 Å². The van der Waals surface area contributed by atoms with Crippen molar-refractivity contribution in [2.24, 2.45) is 0 Å². The predicted molar refractivity (Wildman–Crippen MR) is 89.7 cm³/mol. The first-order valence-corrected chi connectivity index (χ1v) is 8.72. The maximum Gasteiger partial charge on any atom is 0.322 e. The van der Waals surface area contributed by atoms with E-state index in [9.17, 15) is 28.4 Å². The monoisotopic (exact) mass is 364 g/mol. The van der Waals surface area contributed by atoms with E-state index in [1.165, 1.54) is 36.4 Å². The van der Waals surface area contributed by atoms with Gasteiger partial charge in [-0.1, -0.05) is 29.8 Å². The van der Waals surface area contributed by atoms with Crippen LogP contribution in [-0.4, -0.2) is 30.5 Å². The van der Waals surface area contributed by atoms with Crippen LogP contribution in [0.1, 0.15) is 11.1 Å². The molecular formula is C16H16N2O6S. The van der Waals surface area contributed by atoms with Gasteiger partial charge in [-0.05, 0) is 31.0 Å². The highest BCUT2D eigenvalue weighted by molar-refractivity contribution is 7.89. The van der Waals surface area contributed by atoms with Gasteiger partial charge in [0.1, 0.15) is 6.04 Å². The molecule has 0 saturated carbocycles. The summed E-state index contributed by atoms with van der Waals surface area (Å²) in [7, 11) is -4.00. The van der Waals surface area contributed by atoms with Crippen molar-refractivity contribution in [2.45, 2.75) is 24.3 Å². The SMILES string of the molecule is Cc1ccc(S(=O)(=O)N[C@@H](Cc2ccc([N+](=O)[O-])cc2)C(=O)O)cc1. The van der Waals surface area contributed by atoms with Crippen molar-refractivity contribution in [2.75, 3.05) is 0 Å². The van der Waals surface area contributed by atoms with Gasteiger partial charge in [-0.3, -0.25) is 14.9 Å². The zero-order valence-corrected chi connectivity index (χ0v) is 14.1. The Morgan fingerprint density at radius 3 is 2.20 bits per heavy atom. The molecule has 0 amide bonds. The van der Waals surface area contributed by atoms with Crippen LogP contribution in [0.3, 0.4) is 0 Å². The van der Waals surface area contributed by atoms with Gasteiger partial charge in [-0.2, -0.15) is 4.72 Å². The summed E-state index contributed by atoms with van der Waals surface area (Å²) in [6, 6.07) is 9.88. The van der Waals surface area contributed by atoms with Gasteiger partial charge in [0, 0.05) is 12.1 Å². The average molecular weight is 364 g/mol. The molecule has 0 bridgehead atoms. The third kappa shape index (κ3) is 4.85. The molecule has 25 heavy (non-hydrogen) atoms. The normalized spacial score (nSPS) is 12.5. The second-order valence-electron chi connectivity index (χ2n) is 5.45. The Hall–Kier alpha value is -2.78. The van der Waals surface area contributed by atoms with Crippen molar-refractivity contribution in [3.8, 4) is 0 Å². The van der Waals surface area contributed by atoms with Gasteiger partial charge >= 0.3 is 5.97 Å². The van der Waals surface area contributed by atoms with Crippen LogP contribution in [0.2, 0.25) is 0 Å². The number of benzene rings is 2. The highest BCUT2D eigenvalue weighted by atomic mass is 32.2. The molecule has 0 aliphatic rings. The molecule has 0 aromatic heterocycles. The first-order valence-electron chi connectivity index (χ1n) is 7.24. The van der Waals surface area contributed by atoms with Crippen LogP contribution in [0, 0.1) is 17.0 Å². The van der Waals surface area contributed by atoms with Crippen molar-refractivity contribution in [3.05, 3.63) is 69.8 Å². The number of non-ortho nitro benzene ring substituents is 1. The molecule has 0 fully saturated rings. The van der Waals surface area contributed by atoms with Gasteiger partial charge in [0.2, 0.25) is 10.0 Å². The van der Waals surface area contributed by atoms with Crippen LogP contribution in [0.25, 0.3) is 0 Å². The zero-order valence-electron chi connectivity index (χ0n) is 13.2. The number of carboxylic acids is 1. The number of hydrogen-bond acceptors (Lipinski definition) is 5. The number of aryl methyl sites for hydroxylation is 1. The number of nitrogens with one attached hydrogen (secondary N) is 1. The molecule has 9 heteroatoms. The molecule has 0 heterocycles. The van der Waals surface area contributed by atoms with Gasteiger partial charge < -0.3 is 5.11 Å². The molecule has 2 aromatic carbocycles. The highest BCUT2D eigenvalue weighted by Gasteiger charge is 2.25. The molecule has 0 radical (unpaired) electrons. The Labute approximate surface area is 144 Å². The number of aliphatic carboxylic acids is 1. The van der Waals surface area contributed by atoms with E-state index in [4.69, 9.17) is 0 Å². The summed E-state index contributed by atoms with van der Waals surface area (Å²) in [5, 5.41) is 19.9. The summed E-state index contributed by atoms with van der Waals surface area (Å²) < 4.78 is 26.8. The fraction of sp³-hybridized carbons (Fsp3) is 0.188. The summed E-state index contributed by atoms with van der Waals surface area (Å²) in [5.41, 5.74) is 1.21. The molecule has 0 spiro atoms. The van der Waals surface area contributed by atoms with Gasteiger partial charge in [0.15, 0.2) is 0 Å². The minimum absolute atomic E-state index is 0.0342. The number of carboxylic acid groups (broad SMARTS) is 1. The Bertz CT molecular complexity index is 876. The second-order valence-corrected chi connectivity index (χ2v) is 7.17. The predicted octanol–water partition coefficient (Wildman–Crippen LogP) is 1.88. The first-order chi connectivity index (χ1) is 11.7. The maximum atomic E-state index is 12.3. The molecule has 0 aliphatic carbocycles. The molecule has 0 aliphatic heterocycles. The van der Waals surface area contributed by atoms with E-state index in [1.807, 2.05) is 0 Å². The fourth-order valence-corrected chi connectivity index (χ4v) is 3.33. The van der Waals surface area contributed by atoms with Crippen LogP contribution < -0.4 is 4.72 Å². The topological polar surface area (TPSA) is 127 Å². The Morgan fingerprint density at radius 2 is 1.72 bits per heavy atom. The van der Waals surface area contributed by atoms with E-state index in [0.29, 0.717) is 5.56 Å². The molecule has 2 aromatic rings. The number of rotatable bonds is 7. The van der Waals surface area contributed by atoms with E-state index in [0.717, 1.165) is 5.56 Å². The first kappa shape index (κ1) is 18.6. The Balaban J connectivity index is 2.19. The lowest BCUT2D eigenvalue weighted by molar-refractivity contribution is -0.384. The maximum absolute atomic E-state index is 12.3. The number of nitro groups is 1. The largest absolute Gasteiger partial charge is 0.480 e. The van der Waals surface area contributed by atoms with E-state index in [1.54, 1.807) is 19.1 Å². The Kier molecular flexibility index (Phi) is 5.50. The van der Waals surface area contributed by atoms with E-state index in [-0.39, 0.29) is 17.0 Å². The molecule has 132 valence electrons. The minimum Gasteiger partial charge on any atom is -0.480 e. The van der Waals surface area contributed by atoms with Gasteiger partial charge in [0.25, 0.3) is 5.69 Å². The van der Waals surface area contributed by atoms with Gasteiger partial charge in [-0.25, -0.2) is 8.42 Å². The van der Waals surface area contributed by atoms with Gasteiger partial charge in [0.05, 0.1) is 9.82 Å². The van der Waals surface area contributed by atoms with Crippen molar-refractivity contribution < 1.29 is 23.2 Å². The summed E-state index contributed by atoms with van der Waals surface area (Å²) >= 11 is 0. The third-order valence-corrected chi connectivity index (χ3v) is 5.00. The summed E-state index contributed by atoms with van der Waals surface area (Å²) in [4.78, 5) is 21.4. The molecular weight excluding hydrogens is 348 g/mol. The second kappa shape index (κ2) is 7.41. The van der Waals surface area contributed by atoms with Crippen LogP contribution in [0.15, 0.2) is 53.4 Å². The lowest BCUT2D eigenvalue weighted by atomic mass is 10.1. The van der Waals surface area contributed by atoms with Crippen molar-refractivity contribution in [3.63, 3.8) is 0 Å². The van der Waals surface area contributed by atoms with Crippen molar-refractivity contribution >= 4 is 21.7 Å². The summed E-state index contributed by atoms with van der Waals surface area (Å²) in [6.45, 7) is 1.80. The van der Waals surface area contributed by atoms with E-state index < -0.39 is 27.0 Å². The van der Waals surface area contributed by atoms with Crippen LogP contribution in [0.5, 0.6) is 0 Å². The van der Waals surface area contributed by atoms with Crippen molar-refractivity contribution in [1.29, 1.82) is 0 Å². The molecule has 0 unspecified atom stereocenters. The van der Waals surface area contributed by atoms with E-state index in [2.05, 4.69) is 4.72 Å². The lowest BCUT2D eigenvalue weighted by Crippen LogP contribution is -2.42. The summed E-state index contributed by atoms with van der Waals surface area (Å²) in [5.74, 6) is -1.34. The summed E-state index contributed by atoms with van der Waals surface area (Å²) in [6.07, 6.45) is -0.140.